The van der Waals surface area contributed by atoms with Gasteiger partial charge in [-0.2, -0.15) is 5.10 Å². The number of nitrogens with two attached hydrogens (primary N) is 1. The van der Waals surface area contributed by atoms with E-state index in [-0.39, 0.29) is 0 Å². The van der Waals surface area contributed by atoms with Crippen LogP contribution in [-0.2, 0) is 10.2 Å². The molecule has 1 saturated carbocycles. The van der Waals surface area contributed by atoms with Gasteiger partial charge in [0.05, 0.1) is 11.5 Å². The van der Waals surface area contributed by atoms with Crippen LogP contribution in [0.2, 0.25) is 0 Å². The molecule has 0 spiro atoms. The summed E-state index contributed by atoms with van der Waals surface area (Å²) in [5.41, 5.74) is 6.33. The normalized spacial score (nSPS) is 14.5. The van der Waals surface area contributed by atoms with Crippen LogP contribution in [0.3, 0.4) is 0 Å². The Morgan fingerprint density at radius 1 is 1.21 bits per heavy atom. The summed E-state index contributed by atoms with van der Waals surface area (Å²) in [6.07, 6.45) is 7.41. The van der Waals surface area contributed by atoms with E-state index in [1.807, 2.05) is 4.68 Å². The second kappa shape index (κ2) is 9.24. The molecule has 0 aliphatic heterocycles. The van der Waals surface area contributed by atoms with Crippen LogP contribution in [0.25, 0.3) is 0 Å². The second-order valence-electron chi connectivity index (χ2n) is 7.66. The van der Waals surface area contributed by atoms with Gasteiger partial charge in [0.15, 0.2) is 5.82 Å². The maximum Gasteiger partial charge on any atom is 0.313 e. The molecular weight excluding hydrogens is 370 g/mol. The van der Waals surface area contributed by atoms with E-state index in [1.165, 1.54) is 19.3 Å². The maximum absolute atomic E-state index is 11.8. The predicted octanol–water partition coefficient (Wildman–Crippen LogP) is 3.73. The molecule has 1 aliphatic rings. The molecule has 1 aliphatic carbocycles. The molecule has 0 unspecified atom stereocenters. The monoisotopic (exact) mass is 397 g/mol. The predicted molar refractivity (Wildman–Crippen MR) is 110 cm³/mol. The van der Waals surface area contributed by atoms with E-state index in [0.717, 1.165) is 18.5 Å². The van der Waals surface area contributed by atoms with Crippen molar-refractivity contribution in [2.45, 2.75) is 57.4 Å². The van der Waals surface area contributed by atoms with Crippen molar-refractivity contribution in [2.24, 2.45) is 5.73 Å². The van der Waals surface area contributed by atoms with E-state index in [9.17, 15) is 14.7 Å². The number of anilines is 2. The Bertz CT molecular complexity index is 877. The van der Waals surface area contributed by atoms with Gasteiger partial charge in [0, 0.05) is 18.5 Å². The Kier molecular flexibility index (Phi) is 6.99. The van der Waals surface area contributed by atoms with Crippen molar-refractivity contribution in [1.29, 1.82) is 5.26 Å². The van der Waals surface area contributed by atoms with Gasteiger partial charge in [0.2, 0.25) is 0 Å². The molecule has 1 aromatic carbocycles. The number of carbonyl (C=O) groups excluding carboxylic acids is 1. The molecule has 1 heterocycles. The van der Waals surface area contributed by atoms with Gasteiger partial charge in [-0.25, -0.2) is 5.26 Å². The number of hydrogen-bond acceptors (Lipinski definition) is 5. The molecule has 154 valence electrons. The van der Waals surface area contributed by atoms with Gasteiger partial charge in [0.1, 0.15) is 5.56 Å². The van der Waals surface area contributed by atoms with Crippen LogP contribution >= 0.6 is 0 Å². The number of nitriles is 1. The van der Waals surface area contributed by atoms with E-state index in [4.69, 9.17) is 11.0 Å². The molecule has 0 radical (unpaired) electrons. The number of carbonyl (C=O) groups is 2. The summed E-state index contributed by atoms with van der Waals surface area (Å²) in [7, 11) is 0. The van der Waals surface area contributed by atoms with Crippen LogP contribution in [0.5, 0.6) is 0 Å². The lowest BCUT2D eigenvalue weighted by atomic mass is 9.85. The molecule has 1 aromatic heterocycles. The fourth-order valence-electron chi connectivity index (χ4n) is 3.43. The van der Waals surface area contributed by atoms with Crippen molar-refractivity contribution < 1.29 is 14.7 Å². The fourth-order valence-corrected chi connectivity index (χ4v) is 3.43. The van der Waals surface area contributed by atoms with E-state index in [1.54, 1.807) is 44.3 Å². The van der Waals surface area contributed by atoms with Gasteiger partial charge in [-0.05, 0) is 44.4 Å². The Balaban J connectivity index is 0.00000145. The number of carboxylic acid groups (broad SMARTS) is 1. The smallest absolute Gasteiger partial charge is 0.313 e. The first-order valence-electron chi connectivity index (χ1n) is 9.55. The second-order valence-corrected chi connectivity index (χ2v) is 7.66. The highest BCUT2D eigenvalue weighted by Gasteiger charge is 2.29. The Hall–Kier alpha value is -3.34. The average Bonchev–Trinajstić information content (AvgIpc) is 3.14. The van der Waals surface area contributed by atoms with Crippen molar-refractivity contribution in [1.82, 2.24) is 9.78 Å². The number of carboxylic acids is 1. The van der Waals surface area contributed by atoms with E-state index in [2.05, 4.69) is 17.0 Å². The van der Waals surface area contributed by atoms with Crippen LogP contribution in [-0.4, -0.2) is 26.8 Å². The summed E-state index contributed by atoms with van der Waals surface area (Å²) >= 11 is 0. The first-order chi connectivity index (χ1) is 13.8. The maximum atomic E-state index is 11.8. The van der Waals surface area contributed by atoms with Gasteiger partial charge in [-0.15, -0.1) is 0 Å². The van der Waals surface area contributed by atoms with E-state index in [0.29, 0.717) is 23.0 Å². The van der Waals surface area contributed by atoms with Gasteiger partial charge in [0.25, 0.3) is 5.91 Å². The van der Waals surface area contributed by atoms with Gasteiger partial charge in [-0.1, -0.05) is 31.4 Å². The molecule has 4 N–H and O–H groups in total. The van der Waals surface area contributed by atoms with Crippen LogP contribution in [0.4, 0.5) is 11.5 Å². The third kappa shape index (κ3) is 4.93. The number of aliphatic carboxylic acids is 1. The summed E-state index contributed by atoms with van der Waals surface area (Å²) in [6.45, 7) is 6.82. The number of benzene rings is 1. The first kappa shape index (κ1) is 22.0. The quantitative estimate of drug-likeness (QED) is 0.680. The van der Waals surface area contributed by atoms with Crippen LogP contribution < -0.4 is 11.1 Å². The Morgan fingerprint density at radius 3 is 2.31 bits per heavy atom. The highest BCUT2D eigenvalue weighted by Crippen LogP contribution is 2.30. The number of primary amides is 1. The van der Waals surface area contributed by atoms with E-state index >= 15 is 0 Å². The lowest BCUT2D eigenvalue weighted by Crippen LogP contribution is -2.28. The molecule has 0 bridgehead atoms. The average molecular weight is 397 g/mol. The minimum absolute atomic E-state index is 0.297. The van der Waals surface area contributed by atoms with Crippen molar-refractivity contribution in [2.75, 3.05) is 5.32 Å². The number of nitrogens with zero attached hydrogens (tertiary/aromatic N) is 3. The number of amides is 1. The number of aromatic nitrogens is 2. The zero-order valence-electron chi connectivity index (χ0n) is 16.8. The van der Waals surface area contributed by atoms with Crippen LogP contribution in [0.1, 0.15) is 67.9 Å². The number of rotatable bonds is 6. The summed E-state index contributed by atoms with van der Waals surface area (Å²) in [5.74, 6) is -0.980. The molecular formula is C21H27N5O3. The molecule has 3 rings (SSSR count). The topological polar surface area (TPSA) is 134 Å². The summed E-state index contributed by atoms with van der Waals surface area (Å²) in [5, 5.41) is 23.5. The van der Waals surface area contributed by atoms with Crippen molar-refractivity contribution in [3.05, 3.63) is 41.6 Å². The Morgan fingerprint density at radius 2 is 1.79 bits per heavy atom. The zero-order chi connectivity index (χ0) is 21.6. The first-order valence-corrected chi connectivity index (χ1v) is 9.55. The minimum Gasteiger partial charge on any atom is -0.481 e. The molecule has 0 saturated heterocycles. The van der Waals surface area contributed by atoms with Crippen molar-refractivity contribution in [3.8, 4) is 6.57 Å². The van der Waals surface area contributed by atoms with Crippen LogP contribution in [0.15, 0.2) is 30.5 Å². The molecule has 1 amide bonds. The van der Waals surface area contributed by atoms with Gasteiger partial charge in [-0.3, -0.25) is 14.3 Å². The zero-order valence-corrected chi connectivity index (χ0v) is 16.8. The third-order valence-electron chi connectivity index (χ3n) is 5.35. The highest BCUT2D eigenvalue weighted by molar-refractivity contribution is 5.98. The van der Waals surface area contributed by atoms with Crippen molar-refractivity contribution in [3.63, 3.8) is 0 Å². The lowest BCUT2D eigenvalue weighted by molar-refractivity contribution is -0.142. The van der Waals surface area contributed by atoms with Crippen LogP contribution in [0, 0.1) is 11.8 Å². The third-order valence-corrected chi connectivity index (χ3v) is 5.35. The largest absolute Gasteiger partial charge is 0.481 e. The molecule has 0 atom stereocenters. The van der Waals surface area contributed by atoms with E-state index < -0.39 is 17.3 Å². The molecule has 8 heteroatoms. The minimum atomic E-state index is -0.973. The number of hydrogen-bond donors (Lipinski definition) is 3. The van der Waals surface area contributed by atoms with Crippen molar-refractivity contribution >= 4 is 23.4 Å². The fraction of sp³-hybridized carbons (Fsp3) is 0.429. The molecule has 2 aromatic rings. The molecule has 29 heavy (non-hydrogen) atoms. The lowest BCUT2D eigenvalue weighted by Gasteiger charge is -2.21. The molecule has 8 nitrogen and oxygen atoms in total. The molecule has 1 fully saturated rings. The Labute approximate surface area is 170 Å². The van der Waals surface area contributed by atoms with Gasteiger partial charge >= 0.3 is 5.97 Å². The summed E-state index contributed by atoms with van der Waals surface area (Å²) in [6, 6.07) is 7.39. The van der Waals surface area contributed by atoms with Gasteiger partial charge < -0.3 is 16.2 Å². The standard InChI is InChI=1S/C20H26N4O3.CHN/c1-20(2,19(26)27)13-8-10-14(11-9-13)22-18-16(17(21)25)12-24(23-18)15-6-4-3-5-7-15;1-2/h8-12,15H,3-7H2,1-2H3,(H2,21,25)(H,22,23)(H,26,27);1H. The summed E-state index contributed by atoms with van der Waals surface area (Å²) in [4.78, 5) is 23.2. The number of nitrogens with one attached hydrogen (secondary N) is 1. The SMILES string of the molecule is C#N.CC(C)(C(=O)O)c1ccc(Nc2nn(C3CCCCC3)cc2C(N)=O)cc1. The highest BCUT2D eigenvalue weighted by atomic mass is 16.4. The summed E-state index contributed by atoms with van der Waals surface area (Å²) < 4.78 is 1.85.